The number of nitrogens with one attached hydrogen (secondary N) is 1. The zero-order valence-electron chi connectivity index (χ0n) is 21.7. The number of rotatable bonds is 3. The molecule has 1 N–H and O–H groups in total. The predicted molar refractivity (Wildman–Crippen MR) is 136 cm³/mol. The monoisotopic (exact) mass is 514 g/mol. The van der Waals surface area contributed by atoms with Crippen LogP contribution in [0, 0.1) is 6.92 Å². The lowest BCUT2D eigenvalue weighted by molar-refractivity contribution is -0.147. The fraction of sp³-hybridized carbons (Fsp3) is 0.500. The average molecular weight is 515 g/mol. The lowest BCUT2D eigenvalue weighted by atomic mass is 9.86. The number of nitrogens with zero attached hydrogens (tertiary/aromatic N) is 3. The number of H-pyrrole nitrogens is 1. The maximum atomic E-state index is 13.2. The smallest absolute Gasteiger partial charge is 0.410 e. The Morgan fingerprint density at radius 1 is 1.16 bits per heavy atom. The summed E-state index contributed by atoms with van der Waals surface area (Å²) < 4.78 is 45.4. The van der Waals surface area contributed by atoms with Gasteiger partial charge in [0.15, 0.2) is 0 Å². The molecule has 9 heteroatoms. The standard InChI is InChI=1S/C28H33F3N4O2/c1-17-13-32-25-21(17)12-20(14-33-25)19-10-18-7-9-34(16-28(29,30)31)15-23(18)22(11-19)24-6-5-8-35(24)26(36)37-27(2,3)4/h10-14,24H,5-9,15-16H2,1-4H3,(H,32,33)/t24-/m0/s1. The van der Waals surface area contributed by atoms with Crippen LogP contribution in [0.2, 0.25) is 0 Å². The molecule has 6 nitrogen and oxygen atoms in total. The normalized spacial score (nSPS) is 18.9. The summed E-state index contributed by atoms with van der Waals surface area (Å²) in [7, 11) is 0. The summed E-state index contributed by atoms with van der Waals surface area (Å²) in [5, 5.41) is 1.03. The van der Waals surface area contributed by atoms with Gasteiger partial charge in [-0.25, -0.2) is 9.78 Å². The molecule has 2 aromatic heterocycles. The Hall–Kier alpha value is -3.07. The van der Waals surface area contributed by atoms with Crippen molar-refractivity contribution in [3.05, 3.63) is 52.8 Å². The number of likely N-dealkylation sites (tertiary alicyclic amines) is 1. The number of aromatic amines is 1. The van der Waals surface area contributed by atoms with Crippen LogP contribution in [-0.2, 0) is 17.7 Å². The van der Waals surface area contributed by atoms with Crippen LogP contribution in [0.5, 0.6) is 0 Å². The number of aryl methyl sites for hydroxylation is 1. The molecule has 0 saturated carbocycles. The molecular weight excluding hydrogens is 481 g/mol. The van der Waals surface area contributed by atoms with Crippen molar-refractivity contribution in [3.8, 4) is 11.1 Å². The number of halogens is 3. The van der Waals surface area contributed by atoms with E-state index in [2.05, 4.69) is 22.1 Å². The predicted octanol–water partition coefficient (Wildman–Crippen LogP) is 6.53. The van der Waals surface area contributed by atoms with E-state index in [9.17, 15) is 18.0 Å². The van der Waals surface area contributed by atoms with Crippen molar-refractivity contribution in [2.45, 2.75) is 71.3 Å². The van der Waals surface area contributed by atoms with Gasteiger partial charge in [0.1, 0.15) is 11.2 Å². The first-order valence-corrected chi connectivity index (χ1v) is 12.8. The number of alkyl halides is 3. The summed E-state index contributed by atoms with van der Waals surface area (Å²) in [6, 6.07) is 5.98. The molecule has 2 aliphatic rings. The number of fused-ring (bicyclic) bond motifs is 2. The molecule has 1 aromatic carbocycles. The first-order valence-electron chi connectivity index (χ1n) is 12.8. The number of carbonyl (C=O) groups is 1. The molecule has 0 radical (unpaired) electrons. The number of hydrogen-bond acceptors (Lipinski definition) is 4. The molecule has 0 bridgehead atoms. The summed E-state index contributed by atoms with van der Waals surface area (Å²) in [4.78, 5) is 24.0. The van der Waals surface area contributed by atoms with E-state index in [1.807, 2.05) is 46.2 Å². The number of hydrogen-bond donors (Lipinski definition) is 1. The Kier molecular flexibility index (Phi) is 6.46. The molecule has 1 atom stereocenters. The van der Waals surface area contributed by atoms with Crippen LogP contribution < -0.4 is 0 Å². The summed E-state index contributed by atoms with van der Waals surface area (Å²) in [5.74, 6) is 0. The van der Waals surface area contributed by atoms with Crippen LogP contribution >= 0.6 is 0 Å². The molecular formula is C28H33F3N4O2. The molecule has 198 valence electrons. The lowest BCUT2D eigenvalue weighted by Crippen LogP contribution is -2.40. The van der Waals surface area contributed by atoms with E-state index in [0.29, 0.717) is 19.5 Å². The second kappa shape index (κ2) is 9.35. The van der Waals surface area contributed by atoms with Gasteiger partial charge in [-0.1, -0.05) is 6.07 Å². The third kappa shape index (κ3) is 5.46. The minimum absolute atomic E-state index is 0.206. The van der Waals surface area contributed by atoms with Crippen LogP contribution in [-0.4, -0.2) is 57.3 Å². The van der Waals surface area contributed by atoms with Crippen molar-refractivity contribution in [3.63, 3.8) is 0 Å². The first-order chi connectivity index (χ1) is 17.4. The van der Waals surface area contributed by atoms with Crippen molar-refractivity contribution < 1.29 is 22.7 Å². The van der Waals surface area contributed by atoms with Gasteiger partial charge in [-0.2, -0.15) is 13.2 Å². The van der Waals surface area contributed by atoms with Gasteiger partial charge in [-0.3, -0.25) is 4.90 Å². The van der Waals surface area contributed by atoms with Crippen molar-refractivity contribution >= 4 is 17.1 Å². The topological polar surface area (TPSA) is 61.5 Å². The maximum Gasteiger partial charge on any atom is 0.410 e. The minimum atomic E-state index is -4.26. The largest absolute Gasteiger partial charge is 0.444 e. The van der Waals surface area contributed by atoms with Gasteiger partial charge in [0.05, 0.1) is 12.6 Å². The molecule has 1 amide bonds. The van der Waals surface area contributed by atoms with Crippen LogP contribution in [0.15, 0.2) is 30.6 Å². The maximum absolute atomic E-state index is 13.2. The highest BCUT2D eigenvalue weighted by atomic mass is 19.4. The Labute approximate surface area is 214 Å². The van der Waals surface area contributed by atoms with Crippen LogP contribution in [0.25, 0.3) is 22.2 Å². The first kappa shape index (κ1) is 25.6. The molecule has 5 rings (SSSR count). The number of carbonyl (C=O) groups excluding carboxylic acids is 1. The van der Waals surface area contributed by atoms with Gasteiger partial charge in [-0.05, 0) is 86.9 Å². The van der Waals surface area contributed by atoms with Gasteiger partial charge in [0.2, 0.25) is 0 Å². The van der Waals surface area contributed by atoms with Gasteiger partial charge >= 0.3 is 12.3 Å². The number of ether oxygens (including phenoxy) is 1. The number of benzene rings is 1. The SMILES string of the molecule is Cc1c[nH]c2ncc(-c3cc4c(c([C@@H]5CCCN5C(=O)OC(C)(C)C)c3)CN(CC(F)(F)F)CC4)cc12. The Balaban J connectivity index is 1.58. The van der Waals surface area contributed by atoms with Crippen LogP contribution in [0.4, 0.5) is 18.0 Å². The molecule has 0 aliphatic carbocycles. The number of pyridine rings is 1. The van der Waals surface area contributed by atoms with Crippen LogP contribution in [0.3, 0.4) is 0 Å². The summed E-state index contributed by atoms with van der Waals surface area (Å²) >= 11 is 0. The van der Waals surface area contributed by atoms with Crippen LogP contribution in [0.1, 0.15) is 61.9 Å². The Morgan fingerprint density at radius 3 is 2.68 bits per heavy atom. The molecule has 3 aromatic rings. The highest BCUT2D eigenvalue weighted by Crippen LogP contribution is 2.40. The molecule has 1 fully saturated rings. The van der Waals surface area contributed by atoms with Crippen molar-refractivity contribution in [1.29, 1.82) is 0 Å². The van der Waals surface area contributed by atoms with E-state index in [4.69, 9.17) is 4.74 Å². The van der Waals surface area contributed by atoms with E-state index in [-0.39, 0.29) is 18.7 Å². The van der Waals surface area contributed by atoms with Gasteiger partial charge in [0, 0.05) is 43.0 Å². The molecule has 2 aliphatic heterocycles. The second-order valence-electron chi connectivity index (χ2n) is 11.2. The van der Waals surface area contributed by atoms with Gasteiger partial charge in [0.25, 0.3) is 0 Å². The van der Waals surface area contributed by atoms with E-state index in [1.54, 1.807) is 4.90 Å². The minimum Gasteiger partial charge on any atom is -0.444 e. The second-order valence-corrected chi connectivity index (χ2v) is 11.2. The Bertz CT molecular complexity index is 1330. The van der Waals surface area contributed by atoms with E-state index < -0.39 is 18.3 Å². The average Bonchev–Trinajstić information content (AvgIpc) is 3.43. The lowest BCUT2D eigenvalue weighted by Gasteiger charge is -2.35. The molecule has 0 spiro atoms. The summed E-state index contributed by atoms with van der Waals surface area (Å²) in [6.07, 6.45) is 1.17. The molecule has 4 heterocycles. The van der Waals surface area contributed by atoms with E-state index >= 15 is 0 Å². The number of amides is 1. The number of aromatic nitrogens is 2. The van der Waals surface area contributed by atoms with E-state index in [1.165, 1.54) is 4.90 Å². The highest BCUT2D eigenvalue weighted by Gasteiger charge is 2.37. The fourth-order valence-electron chi connectivity index (χ4n) is 5.53. The fourth-order valence-corrected chi connectivity index (χ4v) is 5.53. The van der Waals surface area contributed by atoms with Crippen molar-refractivity contribution in [2.75, 3.05) is 19.6 Å². The van der Waals surface area contributed by atoms with E-state index in [0.717, 1.165) is 57.3 Å². The molecule has 1 saturated heterocycles. The van der Waals surface area contributed by atoms with Crippen molar-refractivity contribution in [2.24, 2.45) is 0 Å². The zero-order valence-corrected chi connectivity index (χ0v) is 21.7. The summed E-state index contributed by atoms with van der Waals surface area (Å²) in [5.41, 5.74) is 6.02. The summed E-state index contributed by atoms with van der Waals surface area (Å²) in [6.45, 7) is 7.68. The third-order valence-electron chi connectivity index (χ3n) is 7.17. The Morgan fingerprint density at radius 2 is 1.95 bits per heavy atom. The quantitative estimate of drug-likeness (QED) is 0.432. The zero-order chi connectivity index (χ0) is 26.5. The molecule has 0 unspecified atom stereocenters. The highest BCUT2D eigenvalue weighted by molar-refractivity contribution is 5.84. The third-order valence-corrected chi connectivity index (χ3v) is 7.17. The van der Waals surface area contributed by atoms with Crippen molar-refractivity contribution in [1.82, 2.24) is 19.8 Å². The van der Waals surface area contributed by atoms with Gasteiger partial charge < -0.3 is 14.6 Å². The van der Waals surface area contributed by atoms with Gasteiger partial charge in [-0.15, -0.1) is 0 Å². The molecule has 37 heavy (non-hydrogen) atoms.